The van der Waals surface area contributed by atoms with E-state index in [1.165, 1.54) is 11.1 Å². The SMILES string of the molecule is CCCCC(=O)Cc1cccc2c1C1C=CC2O1. The minimum absolute atomic E-state index is 0.0835. The Hall–Kier alpha value is -1.41. The summed E-state index contributed by atoms with van der Waals surface area (Å²) in [6.07, 6.45) is 7.75. The maximum atomic E-state index is 11.9. The van der Waals surface area contributed by atoms with Gasteiger partial charge in [-0.2, -0.15) is 0 Å². The van der Waals surface area contributed by atoms with Crippen LogP contribution in [0.2, 0.25) is 0 Å². The highest BCUT2D eigenvalue weighted by atomic mass is 16.5. The van der Waals surface area contributed by atoms with Crippen molar-refractivity contribution in [1.29, 1.82) is 0 Å². The highest BCUT2D eigenvalue weighted by Crippen LogP contribution is 2.47. The minimum atomic E-state index is 0.0835. The van der Waals surface area contributed by atoms with Crippen LogP contribution in [0.3, 0.4) is 0 Å². The molecule has 18 heavy (non-hydrogen) atoms. The molecule has 2 atom stereocenters. The number of hydrogen-bond donors (Lipinski definition) is 0. The third-order valence-electron chi connectivity index (χ3n) is 3.77. The molecule has 0 spiro atoms. The van der Waals surface area contributed by atoms with E-state index in [-0.39, 0.29) is 12.2 Å². The van der Waals surface area contributed by atoms with Crippen LogP contribution in [0, 0.1) is 0 Å². The molecule has 0 amide bonds. The molecule has 1 aromatic carbocycles. The lowest BCUT2D eigenvalue weighted by Gasteiger charge is -2.12. The average Bonchev–Trinajstić information content (AvgIpc) is 2.98. The molecule has 2 heteroatoms. The fourth-order valence-electron chi connectivity index (χ4n) is 2.85. The van der Waals surface area contributed by atoms with Gasteiger partial charge in [-0.1, -0.05) is 43.7 Å². The van der Waals surface area contributed by atoms with Crippen molar-refractivity contribution in [3.63, 3.8) is 0 Å². The standard InChI is InChI=1S/C16H18O2/c1-2-3-6-12(17)10-11-5-4-7-13-14-8-9-15(18-14)16(11)13/h4-5,7-9,14-15H,2-3,6,10H2,1H3. The second-order valence-electron chi connectivity index (χ2n) is 5.10. The van der Waals surface area contributed by atoms with Gasteiger partial charge in [0.25, 0.3) is 0 Å². The molecule has 0 aliphatic carbocycles. The van der Waals surface area contributed by atoms with Crippen molar-refractivity contribution < 1.29 is 9.53 Å². The first-order chi connectivity index (χ1) is 8.79. The second kappa shape index (κ2) is 4.69. The Labute approximate surface area is 108 Å². The van der Waals surface area contributed by atoms with Crippen molar-refractivity contribution in [2.24, 2.45) is 0 Å². The Morgan fingerprint density at radius 2 is 2.11 bits per heavy atom. The predicted molar refractivity (Wildman–Crippen MR) is 70.4 cm³/mol. The van der Waals surface area contributed by atoms with Gasteiger partial charge in [0.2, 0.25) is 0 Å². The van der Waals surface area contributed by atoms with E-state index in [2.05, 4.69) is 31.2 Å². The zero-order valence-electron chi connectivity index (χ0n) is 10.7. The van der Waals surface area contributed by atoms with Crippen LogP contribution in [0.5, 0.6) is 0 Å². The van der Waals surface area contributed by atoms with Gasteiger partial charge >= 0.3 is 0 Å². The van der Waals surface area contributed by atoms with Crippen LogP contribution in [0.1, 0.15) is 55.1 Å². The molecule has 2 aliphatic heterocycles. The van der Waals surface area contributed by atoms with Gasteiger partial charge in [-0.15, -0.1) is 0 Å². The van der Waals surface area contributed by atoms with Gasteiger partial charge in [0.05, 0.1) is 0 Å². The number of ether oxygens (including phenoxy) is 1. The Morgan fingerprint density at radius 1 is 1.28 bits per heavy atom. The number of benzene rings is 1. The third-order valence-corrected chi connectivity index (χ3v) is 3.77. The molecule has 94 valence electrons. The minimum Gasteiger partial charge on any atom is -0.357 e. The van der Waals surface area contributed by atoms with Crippen molar-refractivity contribution in [2.75, 3.05) is 0 Å². The van der Waals surface area contributed by atoms with Gasteiger partial charge < -0.3 is 4.74 Å². The Bertz CT molecular complexity index is 502. The first-order valence-electron chi connectivity index (χ1n) is 6.76. The fraction of sp³-hybridized carbons (Fsp3) is 0.438. The van der Waals surface area contributed by atoms with E-state index >= 15 is 0 Å². The van der Waals surface area contributed by atoms with Crippen LogP contribution >= 0.6 is 0 Å². The molecule has 2 aliphatic rings. The van der Waals surface area contributed by atoms with E-state index in [9.17, 15) is 4.79 Å². The van der Waals surface area contributed by atoms with E-state index in [1.54, 1.807) is 0 Å². The number of rotatable bonds is 5. The van der Waals surface area contributed by atoms with E-state index in [4.69, 9.17) is 4.74 Å². The van der Waals surface area contributed by atoms with Crippen LogP contribution in [0.25, 0.3) is 0 Å². The summed E-state index contributed by atoms with van der Waals surface area (Å²) in [7, 11) is 0. The molecule has 2 unspecified atom stereocenters. The van der Waals surface area contributed by atoms with Crippen molar-refractivity contribution in [3.8, 4) is 0 Å². The van der Waals surface area contributed by atoms with Crippen LogP contribution in [0.4, 0.5) is 0 Å². The topological polar surface area (TPSA) is 26.3 Å². The van der Waals surface area contributed by atoms with Gasteiger partial charge in [-0.05, 0) is 23.1 Å². The molecule has 0 fully saturated rings. The number of ketones is 1. The summed E-state index contributed by atoms with van der Waals surface area (Å²) in [6.45, 7) is 2.12. The van der Waals surface area contributed by atoms with E-state index in [0.29, 0.717) is 18.6 Å². The number of carbonyl (C=O) groups excluding carboxylic acids is 1. The van der Waals surface area contributed by atoms with Gasteiger partial charge in [-0.3, -0.25) is 4.79 Å². The van der Waals surface area contributed by atoms with E-state index in [1.807, 2.05) is 6.07 Å². The normalized spacial score (nSPS) is 23.4. The molecule has 2 heterocycles. The summed E-state index contributed by atoms with van der Waals surface area (Å²) in [6, 6.07) is 6.23. The zero-order valence-corrected chi connectivity index (χ0v) is 10.7. The number of Topliss-reactive ketones (excluding diaryl/α,β-unsaturated/α-hetero) is 1. The molecular weight excluding hydrogens is 224 g/mol. The van der Waals surface area contributed by atoms with Crippen LogP contribution < -0.4 is 0 Å². The van der Waals surface area contributed by atoms with Crippen molar-refractivity contribution in [3.05, 3.63) is 47.0 Å². The second-order valence-corrected chi connectivity index (χ2v) is 5.10. The lowest BCUT2D eigenvalue weighted by atomic mass is 9.90. The maximum absolute atomic E-state index is 11.9. The molecule has 3 rings (SSSR count). The summed E-state index contributed by atoms with van der Waals surface area (Å²) in [5.41, 5.74) is 3.66. The lowest BCUT2D eigenvalue weighted by Crippen LogP contribution is -2.07. The first-order valence-corrected chi connectivity index (χ1v) is 6.76. The van der Waals surface area contributed by atoms with Gasteiger partial charge in [-0.25, -0.2) is 0 Å². The van der Waals surface area contributed by atoms with Crippen LogP contribution in [-0.2, 0) is 16.0 Å². The summed E-state index contributed by atoms with van der Waals surface area (Å²) >= 11 is 0. The molecular formula is C16H18O2. The smallest absolute Gasteiger partial charge is 0.137 e. The Morgan fingerprint density at radius 3 is 2.94 bits per heavy atom. The summed E-state index contributed by atoms with van der Waals surface area (Å²) < 4.78 is 5.82. The number of unbranched alkanes of at least 4 members (excludes halogenated alkanes) is 1. The highest BCUT2D eigenvalue weighted by molar-refractivity contribution is 5.81. The molecule has 0 saturated carbocycles. The highest BCUT2D eigenvalue weighted by Gasteiger charge is 2.35. The Kier molecular flexibility index (Phi) is 3.04. The quantitative estimate of drug-likeness (QED) is 0.736. The molecule has 2 nitrogen and oxygen atoms in total. The summed E-state index contributed by atoms with van der Waals surface area (Å²) in [5.74, 6) is 0.344. The number of fused-ring (bicyclic) bond motifs is 5. The molecule has 0 aromatic heterocycles. The van der Waals surface area contributed by atoms with E-state index in [0.717, 1.165) is 18.4 Å². The molecule has 2 bridgehead atoms. The molecule has 0 saturated heterocycles. The molecule has 0 N–H and O–H groups in total. The van der Waals surface area contributed by atoms with Gasteiger partial charge in [0.15, 0.2) is 0 Å². The molecule has 1 aromatic rings. The number of hydrogen-bond acceptors (Lipinski definition) is 2. The van der Waals surface area contributed by atoms with Crippen molar-refractivity contribution in [1.82, 2.24) is 0 Å². The number of carbonyl (C=O) groups is 1. The third kappa shape index (κ3) is 1.91. The van der Waals surface area contributed by atoms with E-state index < -0.39 is 0 Å². The fourth-order valence-corrected chi connectivity index (χ4v) is 2.85. The average molecular weight is 242 g/mol. The maximum Gasteiger partial charge on any atom is 0.137 e. The Balaban J connectivity index is 1.81. The monoisotopic (exact) mass is 242 g/mol. The largest absolute Gasteiger partial charge is 0.357 e. The predicted octanol–water partition coefficient (Wildman–Crippen LogP) is 3.67. The first kappa shape index (κ1) is 11.7. The van der Waals surface area contributed by atoms with Crippen molar-refractivity contribution >= 4 is 5.78 Å². The summed E-state index contributed by atoms with van der Waals surface area (Å²) in [5, 5.41) is 0. The zero-order chi connectivity index (χ0) is 12.5. The summed E-state index contributed by atoms with van der Waals surface area (Å²) in [4.78, 5) is 11.9. The van der Waals surface area contributed by atoms with Gasteiger partial charge in [0.1, 0.15) is 18.0 Å². The van der Waals surface area contributed by atoms with Crippen molar-refractivity contribution in [2.45, 2.75) is 44.8 Å². The lowest BCUT2D eigenvalue weighted by molar-refractivity contribution is -0.118. The van der Waals surface area contributed by atoms with Gasteiger partial charge in [0, 0.05) is 12.8 Å². The van der Waals surface area contributed by atoms with Crippen LogP contribution in [-0.4, -0.2) is 5.78 Å². The molecule has 0 radical (unpaired) electrons. The van der Waals surface area contributed by atoms with Crippen LogP contribution in [0.15, 0.2) is 30.4 Å².